The number of ether oxygens (including phenoxy) is 1. The molecule has 3 nitrogen and oxygen atoms in total. The van der Waals surface area contributed by atoms with Gasteiger partial charge in [-0.25, -0.2) is 4.39 Å². The summed E-state index contributed by atoms with van der Waals surface area (Å²) >= 11 is 0.423. The summed E-state index contributed by atoms with van der Waals surface area (Å²) in [4.78, 5) is 12.4. The molecule has 0 saturated carbocycles. The molecule has 23 heavy (non-hydrogen) atoms. The quantitative estimate of drug-likeness (QED) is 0.784. The standard InChI is InChI=1S/C16H14F3NO2S/c1-10(22-14-5-3-2-4-13(14)17)15(21)20-11-6-8-12(9-7-11)23-16(18)19/h2-10,16H,1H3,(H,20,21)/t10-/m0/s1. The van der Waals surface area contributed by atoms with Crippen molar-refractivity contribution in [3.63, 3.8) is 0 Å². The second-order valence-corrected chi connectivity index (χ2v) is 5.65. The van der Waals surface area contributed by atoms with Crippen LogP contribution in [0.3, 0.4) is 0 Å². The highest BCUT2D eigenvalue weighted by atomic mass is 32.2. The number of hydrogen-bond donors (Lipinski definition) is 1. The van der Waals surface area contributed by atoms with Gasteiger partial charge in [0.05, 0.1) is 0 Å². The van der Waals surface area contributed by atoms with Gasteiger partial charge in [-0.05, 0) is 43.3 Å². The molecule has 0 aliphatic heterocycles. The van der Waals surface area contributed by atoms with Crippen LogP contribution in [0.4, 0.5) is 18.9 Å². The molecule has 0 unspecified atom stereocenters. The minimum Gasteiger partial charge on any atom is -0.478 e. The summed E-state index contributed by atoms with van der Waals surface area (Å²) < 4.78 is 43.2. The molecule has 0 heterocycles. The molecule has 2 aromatic rings. The van der Waals surface area contributed by atoms with Gasteiger partial charge in [0.1, 0.15) is 0 Å². The molecule has 0 aromatic heterocycles. The van der Waals surface area contributed by atoms with Gasteiger partial charge in [-0.2, -0.15) is 8.78 Å². The average molecular weight is 341 g/mol. The molecule has 7 heteroatoms. The highest BCUT2D eigenvalue weighted by Gasteiger charge is 2.16. The third-order valence-corrected chi connectivity index (χ3v) is 3.58. The van der Waals surface area contributed by atoms with Crippen molar-refractivity contribution in [3.8, 4) is 5.75 Å². The zero-order valence-electron chi connectivity index (χ0n) is 12.1. The fourth-order valence-electron chi connectivity index (χ4n) is 1.75. The highest BCUT2D eigenvalue weighted by Crippen LogP contribution is 2.26. The van der Waals surface area contributed by atoms with Gasteiger partial charge in [0.15, 0.2) is 17.7 Å². The van der Waals surface area contributed by atoms with E-state index in [4.69, 9.17) is 4.74 Å². The third kappa shape index (κ3) is 5.21. The molecule has 0 saturated heterocycles. The number of anilines is 1. The Balaban J connectivity index is 1.94. The minimum absolute atomic E-state index is 0.0150. The van der Waals surface area contributed by atoms with Crippen molar-refractivity contribution >= 4 is 23.4 Å². The number of benzene rings is 2. The monoisotopic (exact) mass is 341 g/mol. The topological polar surface area (TPSA) is 38.3 Å². The number of para-hydroxylation sites is 1. The van der Waals surface area contributed by atoms with Crippen LogP contribution in [-0.2, 0) is 4.79 Å². The van der Waals surface area contributed by atoms with Crippen molar-refractivity contribution in [2.75, 3.05) is 5.32 Å². The first-order chi connectivity index (χ1) is 11.0. The Bertz CT molecular complexity index is 665. The van der Waals surface area contributed by atoms with E-state index in [1.807, 2.05) is 0 Å². The molecule has 0 aliphatic rings. The number of thioether (sulfide) groups is 1. The van der Waals surface area contributed by atoms with Crippen LogP contribution >= 0.6 is 11.8 Å². The van der Waals surface area contributed by atoms with E-state index in [2.05, 4.69) is 5.32 Å². The van der Waals surface area contributed by atoms with Gasteiger partial charge in [-0.15, -0.1) is 0 Å². The molecule has 0 bridgehead atoms. The molecule has 0 spiro atoms. The van der Waals surface area contributed by atoms with Gasteiger partial charge in [0.2, 0.25) is 0 Å². The largest absolute Gasteiger partial charge is 0.478 e. The van der Waals surface area contributed by atoms with Crippen LogP contribution in [0, 0.1) is 5.82 Å². The van der Waals surface area contributed by atoms with E-state index in [0.717, 1.165) is 0 Å². The predicted molar refractivity (Wildman–Crippen MR) is 83.4 cm³/mol. The van der Waals surface area contributed by atoms with E-state index >= 15 is 0 Å². The maximum absolute atomic E-state index is 13.5. The number of hydrogen-bond acceptors (Lipinski definition) is 3. The van der Waals surface area contributed by atoms with E-state index in [1.54, 1.807) is 6.07 Å². The van der Waals surface area contributed by atoms with Crippen LogP contribution in [-0.4, -0.2) is 17.8 Å². The average Bonchev–Trinajstić information content (AvgIpc) is 2.51. The first-order valence-corrected chi connectivity index (χ1v) is 7.60. The zero-order chi connectivity index (χ0) is 16.8. The number of halogens is 3. The Morgan fingerprint density at radius 3 is 2.39 bits per heavy atom. The van der Waals surface area contributed by atoms with Crippen molar-refractivity contribution in [2.24, 2.45) is 0 Å². The molecule has 2 rings (SSSR count). The Labute approximate surface area is 135 Å². The molecule has 0 radical (unpaired) electrons. The molecular formula is C16H14F3NO2S. The van der Waals surface area contributed by atoms with Crippen LogP contribution in [0.5, 0.6) is 5.75 Å². The zero-order valence-corrected chi connectivity index (χ0v) is 12.9. The maximum atomic E-state index is 13.5. The second kappa shape index (κ2) is 7.92. The lowest BCUT2D eigenvalue weighted by atomic mass is 10.3. The Hall–Kier alpha value is -2.15. The number of rotatable bonds is 6. The lowest BCUT2D eigenvalue weighted by molar-refractivity contribution is -0.122. The fraction of sp³-hybridized carbons (Fsp3) is 0.188. The third-order valence-electron chi connectivity index (χ3n) is 2.86. The number of nitrogens with one attached hydrogen (secondary N) is 1. The fourth-order valence-corrected chi connectivity index (χ4v) is 2.25. The van der Waals surface area contributed by atoms with Gasteiger partial charge >= 0.3 is 0 Å². The van der Waals surface area contributed by atoms with Crippen molar-refractivity contribution in [1.82, 2.24) is 0 Å². The van der Waals surface area contributed by atoms with Gasteiger partial charge in [-0.3, -0.25) is 4.79 Å². The van der Waals surface area contributed by atoms with E-state index < -0.39 is 23.6 Å². The van der Waals surface area contributed by atoms with Crippen LogP contribution in [0.2, 0.25) is 0 Å². The van der Waals surface area contributed by atoms with E-state index in [0.29, 0.717) is 22.3 Å². The smallest absolute Gasteiger partial charge is 0.288 e. The minimum atomic E-state index is -2.50. The number of carbonyl (C=O) groups excluding carboxylic acids is 1. The normalized spacial score (nSPS) is 12.0. The summed E-state index contributed by atoms with van der Waals surface area (Å²) in [5, 5.41) is 2.58. The summed E-state index contributed by atoms with van der Waals surface area (Å²) in [6.45, 7) is 1.49. The summed E-state index contributed by atoms with van der Waals surface area (Å²) in [6, 6.07) is 11.8. The van der Waals surface area contributed by atoms with Crippen LogP contribution in [0.1, 0.15) is 6.92 Å². The Morgan fingerprint density at radius 1 is 1.13 bits per heavy atom. The number of amides is 1. The molecule has 122 valence electrons. The van der Waals surface area contributed by atoms with Crippen molar-refractivity contribution in [3.05, 3.63) is 54.3 Å². The van der Waals surface area contributed by atoms with Gasteiger partial charge in [-0.1, -0.05) is 23.9 Å². The summed E-state index contributed by atoms with van der Waals surface area (Å²) in [5.41, 5.74) is 0.442. The maximum Gasteiger partial charge on any atom is 0.288 e. The van der Waals surface area contributed by atoms with Gasteiger partial charge < -0.3 is 10.1 Å². The molecule has 1 amide bonds. The Kier molecular flexibility index (Phi) is 5.92. The molecule has 2 aromatic carbocycles. The number of alkyl halides is 2. The molecular weight excluding hydrogens is 327 g/mol. The van der Waals surface area contributed by atoms with Crippen LogP contribution in [0.15, 0.2) is 53.4 Å². The molecule has 1 atom stereocenters. The summed E-state index contributed by atoms with van der Waals surface area (Å²) in [5.74, 6) is -3.54. The predicted octanol–water partition coefficient (Wildman–Crippen LogP) is 4.55. The Morgan fingerprint density at radius 2 is 1.78 bits per heavy atom. The van der Waals surface area contributed by atoms with Gasteiger partial charge in [0.25, 0.3) is 11.7 Å². The number of carbonyl (C=O) groups is 1. The van der Waals surface area contributed by atoms with Crippen LogP contribution in [0.25, 0.3) is 0 Å². The molecule has 1 N–H and O–H groups in total. The van der Waals surface area contributed by atoms with Crippen molar-refractivity contribution < 1.29 is 22.7 Å². The lowest BCUT2D eigenvalue weighted by Gasteiger charge is -2.15. The second-order valence-electron chi connectivity index (χ2n) is 4.58. The molecule has 0 fully saturated rings. The van der Waals surface area contributed by atoms with E-state index in [-0.39, 0.29) is 5.75 Å². The van der Waals surface area contributed by atoms with Crippen LogP contribution < -0.4 is 10.1 Å². The first-order valence-electron chi connectivity index (χ1n) is 6.72. The first kappa shape index (κ1) is 17.2. The van der Waals surface area contributed by atoms with Crippen molar-refractivity contribution in [1.29, 1.82) is 0 Å². The van der Waals surface area contributed by atoms with E-state index in [9.17, 15) is 18.0 Å². The summed E-state index contributed by atoms with van der Waals surface area (Å²) in [6.07, 6.45) is -0.915. The molecule has 0 aliphatic carbocycles. The summed E-state index contributed by atoms with van der Waals surface area (Å²) in [7, 11) is 0. The lowest BCUT2D eigenvalue weighted by Crippen LogP contribution is -2.30. The van der Waals surface area contributed by atoms with Gasteiger partial charge in [0, 0.05) is 10.6 Å². The van der Waals surface area contributed by atoms with E-state index in [1.165, 1.54) is 49.4 Å². The highest BCUT2D eigenvalue weighted by molar-refractivity contribution is 7.99. The van der Waals surface area contributed by atoms with Crippen molar-refractivity contribution in [2.45, 2.75) is 23.7 Å². The SMILES string of the molecule is C[C@H](Oc1ccccc1F)C(=O)Nc1ccc(SC(F)F)cc1.